The minimum Gasteiger partial charge on any atom is -0.481 e. The van der Waals surface area contributed by atoms with Gasteiger partial charge < -0.3 is 5.11 Å². The van der Waals surface area contributed by atoms with Crippen LogP contribution < -0.4 is 4.72 Å². The van der Waals surface area contributed by atoms with Gasteiger partial charge in [0.25, 0.3) is 10.0 Å². The monoisotopic (exact) mass is 340 g/mol. The molecule has 0 radical (unpaired) electrons. The van der Waals surface area contributed by atoms with Gasteiger partial charge in [-0.15, -0.1) is 11.3 Å². The maximum atomic E-state index is 12.0. The maximum Gasteiger partial charge on any atom is 0.308 e. The summed E-state index contributed by atoms with van der Waals surface area (Å²) < 4.78 is 26.4. The van der Waals surface area contributed by atoms with E-state index in [2.05, 4.69) is 9.71 Å². The fourth-order valence-electron chi connectivity index (χ4n) is 1.87. The summed E-state index contributed by atoms with van der Waals surface area (Å²) in [4.78, 5) is 15.0. The van der Waals surface area contributed by atoms with Crippen molar-refractivity contribution in [2.45, 2.75) is 17.6 Å². The van der Waals surface area contributed by atoms with Crippen molar-refractivity contribution in [3.63, 3.8) is 0 Å². The number of nitrogens with zero attached hydrogens (tertiary/aromatic N) is 1. The van der Waals surface area contributed by atoms with Crippen molar-refractivity contribution in [3.8, 4) is 0 Å². The van der Waals surface area contributed by atoms with Crippen LogP contribution in [0.3, 0.4) is 0 Å². The molecule has 0 aliphatic heterocycles. The summed E-state index contributed by atoms with van der Waals surface area (Å²) in [5.74, 6) is -1.86. The highest BCUT2D eigenvalue weighted by atomic mass is 32.2. The lowest BCUT2D eigenvalue weighted by atomic mass is 9.99. The van der Waals surface area contributed by atoms with E-state index in [0.717, 1.165) is 22.5 Å². The molecule has 8 heteroatoms. The van der Waals surface area contributed by atoms with Gasteiger partial charge in [-0.05, 0) is 18.9 Å². The van der Waals surface area contributed by atoms with Gasteiger partial charge in [-0.3, -0.25) is 9.78 Å². The maximum absolute atomic E-state index is 12.0. The van der Waals surface area contributed by atoms with Crippen molar-refractivity contribution in [1.29, 1.82) is 0 Å². The molecular weight excluding hydrogens is 324 g/mol. The van der Waals surface area contributed by atoms with Crippen LogP contribution in [0.4, 0.5) is 0 Å². The van der Waals surface area contributed by atoms with Crippen LogP contribution in [-0.2, 0) is 21.2 Å². The van der Waals surface area contributed by atoms with Crippen LogP contribution in [0.1, 0.15) is 11.1 Å². The highest BCUT2D eigenvalue weighted by Crippen LogP contribution is 2.15. The lowest BCUT2D eigenvalue weighted by Gasteiger charge is -2.13. The molecule has 2 N–H and O–H groups in total. The number of aliphatic carboxylic acids is 1. The van der Waals surface area contributed by atoms with Gasteiger partial charge in [-0.25, -0.2) is 13.1 Å². The zero-order valence-electron chi connectivity index (χ0n) is 11.9. The summed E-state index contributed by atoms with van der Waals surface area (Å²) in [5, 5.41) is 9.27. The number of hydrogen-bond acceptors (Lipinski definition) is 5. The van der Waals surface area contributed by atoms with Crippen LogP contribution >= 0.6 is 11.3 Å². The smallest absolute Gasteiger partial charge is 0.308 e. The second-order valence-electron chi connectivity index (χ2n) is 4.90. The SMILES string of the molecule is Cc1ccc(CC(CNS(=O)(=O)c2cncs2)C(=O)O)cc1. The molecule has 1 aromatic heterocycles. The lowest BCUT2D eigenvalue weighted by molar-refractivity contribution is -0.141. The number of carbonyl (C=O) groups is 1. The summed E-state index contributed by atoms with van der Waals surface area (Å²) in [6.45, 7) is 1.78. The Balaban J connectivity index is 2.03. The summed E-state index contributed by atoms with van der Waals surface area (Å²) in [7, 11) is -3.70. The molecule has 0 aliphatic rings. The first-order valence-corrected chi connectivity index (χ1v) is 8.91. The molecule has 1 atom stereocenters. The van der Waals surface area contributed by atoms with Crippen molar-refractivity contribution in [3.05, 3.63) is 47.1 Å². The first-order chi connectivity index (χ1) is 10.4. The summed E-state index contributed by atoms with van der Waals surface area (Å²) in [6.07, 6.45) is 1.50. The predicted molar refractivity (Wildman–Crippen MR) is 83.3 cm³/mol. The van der Waals surface area contributed by atoms with Gasteiger partial charge in [0.15, 0.2) is 4.21 Å². The number of aryl methyl sites for hydroxylation is 1. The number of thiazole rings is 1. The summed E-state index contributed by atoms with van der Waals surface area (Å²) in [5.41, 5.74) is 3.35. The third-order valence-electron chi connectivity index (χ3n) is 3.15. The topological polar surface area (TPSA) is 96.4 Å². The van der Waals surface area contributed by atoms with E-state index >= 15 is 0 Å². The number of sulfonamides is 1. The molecule has 1 heterocycles. The van der Waals surface area contributed by atoms with E-state index in [1.165, 1.54) is 11.7 Å². The van der Waals surface area contributed by atoms with Crippen molar-refractivity contribution in [2.24, 2.45) is 5.92 Å². The van der Waals surface area contributed by atoms with Gasteiger partial charge in [0.05, 0.1) is 17.6 Å². The number of carboxylic acid groups (broad SMARTS) is 1. The van der Waals surface area contributed by atoms with Gasteiger partial charge in [-0.1, -0.05) is 29.8 Å². The molecule has 0 bridgehead atoms. The largest absolute Gasteiger partial charge is 0.481 e. The van der Waals surface area contributed by atoms with Crippen molar-refractivity contribution < 1.29 is 18.3 Å². The first kappa shape index (κ1) is 16.6. The van der Waals surface area contributed by atoms with Crippen LogP contribution in [-0.4, -0.2) is 31.0 Å². The zero-order valence-corrected chi connectivity index (χ0v) is 13.5. The molecule has 2 rings (SSSR count). The predicted octanol–water partition coefficient (Wildman–Crippen LogP) is 1.67. The van der Waals surface area contributed by atoms with Gasteiger partial charge in [-0.2, -0.15) is 0 Å². The van der Waals surface area contributed by atoms with E-state index in [4.69, 9.17) is 0 Å². The molecule has 1 aromatic carbocycles. The minimum absolute atomic E-state index is 0.0759. The molecule has 0 saturated heterocycles. The molecule has 22 heavy (non-hydrogen) atoms. The van der Waals surface area contributed by atoms with Crippen LogP contribution in [0.2, 0.25) is 0 Å². The minimum atomic E-state index is -3.70. The fourth-order valence-corrected chi connectivity index (χ4v) is 3.80. The normalized spacial score (nSPS) is 13.0. The van der Waals surface area contributed by atoms with E-state index in [0.29, 0.717) is 0 Å². The Morgan fingerprint density at radius 1 is 1.36 bits per heavy atom. The number of nitrogens with one attached hydrogen (secondary N) is 1. The zero-order chi connectivity index (χ0) is 16.2. The van der Waals surface area contributed by atoms with Crippen LogP contribution in [0, 0.1) is 12.8 Å². The van der Waals surface area contributed by atoms with E-state index in [1.54, 1.807) is 0 Å². The lowest BCUT2D eigenvalue weighted by Crippen LogP contribution is -2.33. The molecule has 2 aromatic rings. The standard InChI is InChI=1S/C14H16N2O4S2/c1-10-2-4-11(5-3-10)6-12(14(17)18)7-16-22(19,20)13-8-15-9-21-13/h2-5,8-9,12,16H,6-7H2,1H3,(H,17,18). The van der Waals surface area contributed by atoms with Gasteiger partial charge >= 0.3 is 5.97 Å². The van der Waals surface area contributed by atoms with Crippen LogP contribution in [0.5, 0.6) is 0 Å². The Hall–Kier alpha value is -1.77. The molecule has 0 amide bonds. The molecule has 6 nitrogen and oxygen atoms in total. The van der Waals surface area contributed by atoms with Crippen molar-refractivity contribution in [1.82, 2.24) is 9.71 Å². The number of hydrogen-bond donors (Lipinski definition) is 2. The molecule has 0 aliphatic carbocycles. The van der Waals surface area contributed by atoms with Crippen LogP contribution in [0.25, 0.3) is 0 Å². The summed E-state index contributed by atoms with van der Waals surface area (Å²) in [6, 6.07) is 7.50. The van der Waals surface area contributed by atoms with Crippen molar-refractivity contribution in [2.75, 3.05) is 6.54 Å². The number of benzene rings is 1. The molecule has 0 spiro atoms. The highest BCUT2D eigenvalue weighted by molar-refractivity contribution is 7.91. The van der Waals surface area contributed by atoms with Crippen LogP contribution in [0.15, 0.2) is 40.2 Å². The Morgan fingerprint density at radius 3 is 2.59 bits per heavy atom. The number of aromatic nitrogens is 1. The highest BCUT2D eigenvalue weighted by Gasteiger charge is 2.23. The molecule has 118 valence electrons. The quantitative estimate of drug-likeness (QED) is 0.799. The van der Waals surface area contributed by atoms with Gasteiger partial charge in [0, 0.05) is 6.54 Å². The first-order valence-electron chi connectivity index (χ1n) is 6.55. The second kappa shape index (κ2) is 6.99. The van der Waals surface area contributed by atoms with E-state index in [-0.39, 0.29) is 17.2 Å². The number of carboxylic acids is 1. The average molecular weight is 340 g/mol. The van der Waals surface area contributed by atoms with Crippen molar-refractivity contribution >= 4 is 27.3 Å². The molecule has 0 fully saturated rings. The number of rotatable bonds is 7. The average Bonchev–Trinajstić information content (AvgIpc) is 3.00. The Kier molecular flexibility index (Phi) is 5.28. The second-order valence-corrected chi connectivity index (χ2v) is 7.78. The Morgan fingerprint density at radius 2 is 2.05 bits per heavy atom. The van der Waals surface area contributed by atoms with Gasteiger partial charge in [0.2, 0.25) is 0 Å². The third kappa shape index (κ3) is 4.36. The Bertz CT molecular complexity index is 725. The third-order valence-corrected chi connectivity index (χ3v) is 5.84. The fraction of sp³-hybridized carbons (Fsp3) is 0.286. The molecule has 1 unspecified atom stereocenters. The Labute approximate surface area is 132 Å². The molecule has 0 saturated carbocycles. The van der Waals surface area contributed by atoms with Gasteiger partial charge in [0.1, 0.15) is 0 Å². The molecular formula is C14H16N2O4S2. The van der Waals surface area contributed by atoms with E-state index < -0.39 is 21.9 Å². The van der Waals surface area contributed by atoms with E-state index in [1.807, 2.05) is 31.2 Å². The van der Waals surface area contributed by atoms with E-state index in [9.17, 15) is 18.3 Å². The summed E-state index contributed by atoms with van der Waals surface area (Å²) >= 11 is 0.987.